The smallest absolute Gasteiger partial charge is 0.340 e. The lowest BCUT2D eigenvalue weighted by Crippen LogP contribution is -2.27. The minimum absolute atomic E-state index is 0.142. The van der Waals surface area contributed by atoms with E-state index in [1.54, 1.807) is 0 Å². The number of nitrogens with two attached hydrogens (primary N) is 1. The second-order valence-electron chi connectivity index (χ2n) is 4.15. The Morgan fingerprint density at radius 3 is 2.33 bits per heavy atom. The van der Waals surface area contributed by atoms with Crippen molar-refractivity contribution in [3.63, 3.8) is 0 Å². The van der Waals surface area contributed by atoms with Gasteiger partial charge in [0.05, 0.1) is 11.4 Å². The monoisotopic (exact) mass is 254 g/mol. The third-order valence-corrected chi connectivity index (χ3v) is 2.71. The third kappa shape index (κ3) is 2.91. The van der Waals surface area contributed by atoms with Crippen LogP contribution in [0.3, 0.4) is 0 Å². The molecule has 0 aliphatic carbocycles. The normalized spacial score (nSPS) is 10.4. The molecule has 0 atom stereocenters. The molecule has 0 radical (unpaired) electrons. The maximum Gasteiger partial charge on any atom is 0.340 e. The van der Waals surface area contributed by atoms with E-state index in [1.807, 2.05) is 18.7 Å². The number of benzene rings is 1. The molecule has 100 valence electrons. The maximum atomic E-state index is 13.3. The van der Waals surface area contributed by atoms with E-state index in [0.29, 0.717) is 5.69 Å². The number of rotatable bonds is 6. The molecule has 0 unspecified atom stereocenters. The van der Waals surface area contributed by atoms with Crippen LogP contribution >= 0.6 is 0 Å². The zero-order chi connectivity index (χ0) is 13.7. The Kier molecular flexibility index (Phi) is 4.95. The number of carboxylic acids is 1. The fourth-order valence-electron chi connectivity index (χ4n) is 1.96. The van der Waals surface area contributed by atoms with Crippen LogP contribution in [0.4, 0.5) is 15.8 Å². The highest BCUT2D eigenvalue weighted by atomic mass is 19.1. The number of nitrogen functional groups attached to an aromatic ring is 1. The summed E-state index contributed by atoms with van der Waals surface area (Å²) in [6.45, 7) is 5.46. The van der Waals surface area contributed by atoms with Gasteiger partial charge >= 0.3 is 5.97 Å². The summed E-state index contributed by atoms with van der Waals surface area (Å²) in [6.07, 6.45) is 1.77. The van der Waals surface area contributed by atoms with Crippen molar-refractivity contribution < 1.29 is 14.3 Å². The molecule has 0 heterocycles. The Hall–Kier alpha value is -1.78. The highest BCUT2D eigenvalue weighted by Gasteiger charge is 2.20. The van der Waals surface area contributed by atoms with Crippen LogP contribution in [0.15, 0.2) is 12.1 Å². The molecule has 1 aromatic rings. The van der Waals surface area contributed by atoms with Gasteiger partial charge in [-0.2, -0.15) is 0 Å². The zero-order valence-corrected chi connectivity index (χ0v) is 10.7. The molecule has 18 heavy (non-hydrogen) atoms. The predicted molar refractivity (Wildman–Crippen MR) is 70.6 cm³/mol. The zero-order valence-electron chi connectivity index (χ0n) is 10.7. The van der Waals surface area contributed by atoms with Crippen LogP contribution in [0.1, 0.15) is 37.0 Å². The first-order valence-electron chi connectivity index (χ1n) is 6.09. The fourth-order valence-corrected chi connectivity index (χ4v) is 1.96. The van der Waals surface area contributed by atoms with Gasteiger partial charge in [-0.1, -0.05) is 13.8 Å². The first kappa shape index (κ1) is 14.3. The quantitative estimate of drug-likeness (QED) is 0.766. The summed E-state index contributed by atoms with van der Waals surface area (Å²) in [4.78, 5) is 13.2. The molecular weight excluding hydrogens is 235 g/mol. The van der Waals surface area contributed by atoms with Gasteiger partial charge in [-0.05, 0) is 25.0 Å². The van der Waals surface area contributed by atoms with Gasteiger partial charge in [0.1, 0.15) is 11.4 Å². The second-order valence-corrected chi connectivity index (χ2v) is 4.15. The van der Waals surface area contributed by atoms with Crippen molar-refractivity contribution in [2.45, 2.75) is 26.7 Å². The molecule has 0 saturated heterocycles. The molecule has 1 aromatic carbocycles. The van der Waals surface area contributed by atoms with Gasteiger partial charge in [0.2, 0.25) is 0 Å². The van der Waals surface area contributed by atoms with Crippen LogP contribution < -0.4 is 10.6 Å². The number of nitrogens with zero attached hydrogens (tertiary/aromatic N) is 1. The van der Waals surface area contributed by atoms with Gasteiger partial charge < -0.3 is 15.7 Å². The Morgan fingerprint density at radius 1 is 1.33 bits per heavy atom. The predicted octanol–water partition coefficient (Wildman–Crippen LogP) is 2.73. The molecule has 5 heteroatoms. The Labute approximate surface area is 106 Å². The molecule has 0 aliphatic heterocycles. The average Bonchev–Trinajstić information content (AvgIpc) is 2.31. The number of carbonyl (C=O) groups is 1. The minimum Gasteiger partial charge on any atom is -0.478 e. The highest BCUT2D eigenvalue weighted by molar-refractivity contribution is 6.00. The Bertz CT molecular complexity index is 429. The first-order valence-corrected chi connectivity index (χ1v) is 6.09. The molecule has 4 nitrogen and oxygen atoms in total. The van der Waals surface area contributed by atoms with Crippen LogP contribution in [0.2, 0.25) is 0 Å². The van der Waals surface area contributed by atoms with Crippen molar-refractivity contribution in [1.29, 1.82) is 0 Å². The van der Waals surface area contributed by atoms with Crippen molar-refractivity contribution >= 4 is 17.3 Å². The molecule has 0 aliphatic rings. The maximum absolute atomic E-state index is 13.3. The van der Waals surface area contributed by atoms with Crippen molar-refractivity contribution in [3.05, 3.63) is 23.5 Å². The SMILES string of the molecule is CCCN(CCC)c1ccc(F)c(N)c1C(=O)O. The van der Waals surface area contributed by atoms with E-state index in [9.17, 15) is 14.3 Å². The van der Waals surface area contributed by atoms with Crippen LogP contribution in [-0.2, 0) is 0 Å². The number of hydrogen-bond acceptors (Lipinski definition) is 3. The molecule has 0 fully saturated rings. The van der Waals surface area contributed by atoms with Crippen LogP contribution in [0, 0.1) is 5.82 Å². The highest BCUT2D eigenvalue weighted by Crippen LogP contribution is 2.28. The fraction of sp³-hybridized carbons (Fsp3) is 0.462. The average molecular weight is 254 g/mol. The summed E-state index contributed by atoms with van der Waals surface area (Å²) < 4.78 is 13.3. The first-order chi connectivity index (χ1) is 8.52. The summed E-state index contributed by atoms with van der Waals surface area (Å²) in [5.41, 5.74) is 5.59. The summed E-state index contributed by atoms with van der Waals surface area (Å²) >= 11 is 0. The van der Waals surface area contributed by atoms with E-state index < -0.39 is 11.8 Å². The number of halogens is 1. The van der Waals surface area contributed by atoms with E-state index >= 15 is 0 Å². The van der Waals surface area contributed by atoms with Crippen molar-refractivity contribution in [1.82, 2.24) is 0 Å². The van der Waals surface area contributed by atoms with Gasteiger partial charge in [-0.3, -0.25) is 0 Å². The van der Waals surface area contributed by atoms with Gasteiger partial charge in [0, 0.05) is 13.1 Å². The molecular formula is C13H19FN2O2. The lowest BCUT2D eigenvalue weighted by atomic mass is 10.1. The molecule has 0 amide bonds. The van der Waals surface area contributed by atoms with E-state index in [1.165, 1.54) is 12.1 Å². The summed E-state index contributed by atoms with van der Waals surface area (Å²) in [6, 6.07) is 2.70. The number of anilines is 2. The Balaban J connectivity index is 3.28. The molecule has 0 bridgehead atoms. The van der Waals surface area contributed by atoms with Crippen molar-refractivity contribution in [3.8, 4) is 0 Å². The van der Waals surface area contributed by atoms with Crippen molar-refractivity contribution in [2.75, 3.05) is 23.7 Å². The van der Waals surface area contributed by atoms with E-state index in [-0.39, 0.29) is 11.3 Å². The van der Waals surface area contributed by atoms with E-state index in [4.69, 9.17) is 5.73 Å². The molecule has 1 rings (SSSR count). The van der Waals surface area contributed by atoms with Crippen LogP contribution in [0.25, 0.3) is 0 Å². The van der Waals surface area contributed by atoms with Gasteiger partial charge in [-0.15, -0.1) is 0 Å². The van der Waals surface area contributed by atoms with E-state index in [2.05, 4.69) is 0 Å². The van der Waals surface area contributed by atoms with Crippen LogP contribution in [0.5, 0.6) is 0 Å². The van der Waals surface area contributed by atoms with Crippen molar-refractivity contribution in [2.24, 2.45) is 0 Å². The lowest BCUT2D eigenvalue weighted by molar-refractivity contribution is 0.0698. The largest absolute Gasteiger partial charge is 0.478 e. The molecule has 0 saturated carbocycles. The summed E-state index contributed by atoms with van der Waals surface area (Å²) in [7, 11) is 0. The number of hydrogen-bond donors (Lipinski definition) is 2. The number of carboxylic acid groups (broad SMARTS) is 1. The third-order valence-electron chi connectivity index (χ3n) is 2.71. The Morgan fingerprint density at radius 2 is 1.89 bits per heavy atom. The number of aromatic carboxylic acids is 1. The van der Waals surface area contributed by atoms with Gasteiger partial charge in [0.15, 0.2) is 0 Å². The van der Waals surface area contributed by atoms with E-state index in [0.717, 1.165) is 25.9 Å². The minimum atomic E-state index is -1.20. The molecule has 3 N–H and O–H groups in total. The van der Waals surface area contributed by atoms with Gasteiger partial charge in [0.25, 0.3) is 0 Å². The molecule has 0 aromatic heterocycles. The summed E-state index contributed by atoms with van der Waals surface area (Å²) in [5, 5.41) is 9.18. The lowest BCUT2D eigenvalue weighted by Gasteiger charge is -2.26. The van der Waals surface area contributed by atoms with Gasteiger partial charge in [-0.25, -0.2) is 9.18 Å². The topological polar surface area (TPSA) is 66.6 Å². The summed E-state index contributed by atoms with van der Waals surface area (Å²) in [5.74, 6) is -1.89. The molecule has 0 spiro atoms. The van der Waals surface area contributed by atoms with Crippen LogP contribution in [-0.4, -0.2) is 24.2 Å². The standard InChI is InChI=1S/C13H19FN2O2/c1-3-7-16(8-4-2)10-6-5-9(14)12(15)11(10)13(17)18/h5-6H,3-4,7-8,15H2,1-2H3,(H,17,18). The second kappa shape index (κ2) is 6.23.